The van der Waals surface area contributed by atoms with E-state index >= 15 is 0 Å². The van der Waals surface area contributed by atoms with Crippen LogP contribution in [0.4, 0.5) is 14.6 Å². The number of halogens is 2. The predicted molar refractivity (Wildman–Crippen MR) is 130 cm³/mol. The molecule has 1 aliphatic heterocycles. The molecule has 0 spiro atoms. The number of aromatic nitrogens is 2. The summed E-state index contributed by atoms with van der Waals surface area (Å²) >= 11 is 0. The Morgan fingerprint density at radius 3 is 2.55 bits per heavy atom. The van der Waals surface area contributed by atoms with Gasteiger partial charge in [-0.05, 0) is 32.0 Å². The highest BCUT2D eigenvalue weighted by atomic mass is 31.2. The van der Waals surface area contributed by atoms with E-state index in [2.05, 4.69) is 10.1 Å². The van der Waals surface area contributed by atoms with Crippen molar-refractivity contribution in [3.63, 3.8) is 0 Å². The van der Waals surface area contributed by atoms with Crippen molar-refractivity contribution in [3.05, 3.63) is 53.1 Å². The summed E-state index contributed by atoms with van der Waals surface area (Å²) in [6, 6.07) is 8.05. The number of ether oxygens (including phenoxy) is 2. The first-order valence-corrected chi connectivity index (χ1v) is 12.8. The molecule has 0 saturated carbocycles. The third-order valence-electron chi connectivity index (χ3n) is 4.68. The van der Waals surface area contributed by atoms with E-state index in [-0.39, 0.29) is 18.2 Å². The van der Waals surface area contributed by atoms with Crippen molar-refractivity contribution in [1.29, 1.82) is 0 Å². The van der Waals surface area contributed by atoms with Gasteiger partial charge < -0.3 is 24.8 Å². The third kappa shape index (κ3) is 9.17. The number of hydrogen-bond acceptors (Lipinski definition) is 10. The number of carboxylic acids is 1. The molecule has 1 fully saturated rings. The molecule has 1 aromatic heterocycles. The summed E-state index contributed by atoms with van der Waals surface area (Å²) in [6.07, 6.45) is -2.98. The maximum Gasteiger partial charge on any atom is 0.459 e. The van der Waals surface area contributed by atoms with Gasteiger partial charge in [0.2, 0.25) is 6.23 Å². The van der Waals surface area contributed by atoms with Crippen LogP contribution < -0.4 is 21.0 Å². The molecular weight excluding hydrogens is 533 g/mol. The van der Waals surface area contributed by atoms with Gasteiger partial charge in [0, 0.05) is 19.5 Å². The highest BCUT2D eigenvalue weighted by molar-refractivity contribution is 7.52. The van der Waals surface area contributed by atoms with Crippen molar-refractivity contribution in [1.82, 2.24) is 14.6 Å². The molecule has 13 nitrogen and oxygen atoms in total. The molecule has 4 N–H and O–H groups in total. The number of rotatable bonds is 10. The molecule has 16 heteroatoms. The zero-order valence-electron chi connectivity index (χ0n) is 20.8. The second-order valence-corrected chi connectivity index (χ2v) is 9.63. The minimum Gasteiger partial charge on any atom is -0.481 e. The van der Waals surface area contributed by atoms with E-state index in [9.17, 15) is 22.9 Å². The molecule has 2 aromatic rings. The van der Waals surface area contributed by atoms with Crippen LogP contribution >= 0.6 is 7.75 Å². The lowest BCUT2D eigenvalue weighted by Gasteiger charge is -2.24. The standard InChI is InChI=1S/C20H25F2N4O7P.C2H4O2/c1-3-30-17(27)13(2)25-34(29,33-14-7-5-4-6-8-14)31-12-15-11-20(21,22)18(32-15)26-10-9-16(23)24-19(26)28;1-2(3)4/h4-10,13,15,18H,3,11-12H2,1-2H3,(H,25,29)(H2,23,24,28);1H3,(H,3,4)/t13-,15?,18?,34?;/m0./s1. The molecule has 1 saturated heterocycles. The van der Waals surface area contributed by atoms with E-state index < -0.39 is 62.7 Å². The predicted octanol–water partition coefficient (Wildman–Crippen LogP) is 2.58. The molecule has 0 amide bonds. The number of carbonyl (C=O) groups is 2. The van der Waals surface area contributed by atoms with Crippen LogP contribution in [0.3, 0.4) is 0 Å². The van der Waals surface area contributed by atoms with E-state index in [1.54, 1.807) is 25.1 Å². The fourth-order valence-corrected chi connectivity index (χ4v) is 4.68. The molecule has 0 aliphatic carbocycles. The Labute approximate surface area is 216 Å². The van der Waals surface area contributed by atoms with Gasteiger partial charge in [0.05, 0.1) is 19.3 Å². The summed E-state index contributed by atoms with van der Waals surface area (Å²) in [4.78, 5) is 36.4. The van der Waals surface area contributed by atoms with Crippen LogP contribution in [0.5, 0.6) is 5.75 Å². The lowest BCUT2D eigenvalue weighted by Crippen LogP contribution is -2.35. The van der Waals surface area contributed by atoms with Gasteiger partial charge in [-0.2, -0.15) is 10.1 Å². The first kappa shape index (κ1) is 30.8. The number of carbonyl (C=O) groups excluding carboxylic acids is 1. The average Bonchev–Trinajstić information content (AvgIpc) is 3.12. The fourth-order valence-electron chi connectivity index (χ4n) is 3.15. The van der Waals surface area contributed by atoms with Gasteiger partial charge in [0.1, 0.15) is 17.6 Å². The van der Waals surface area contributed by atoms with Crippen molar-refractivity contribution in [2.75, 3.05) is 18.9 Å². The molecule has 210 valence electrons. The second-order valence-electron chi connectivity index (χ2n) is 7.94. The molecule has 3 rings (SSSR count). The van der Waals surface area contributed by atoms with Gasteiger partial charge in [-0.1, -0.05) is 18.2 Å². The zero-order chi connectivity index (χ0) is 28.5. The van der Waals surface area contributed by atoms with Gasteiger partial charge in [0.25, 0.3) is 11.9 Å². The van der Waals surface area contributed by atoms with E-state index in [4.69, 9.17) is 34.2 Å². The van der Waals surface area contributed by atoms with E-state index in [1.165, 1.54) is 25.1 Å². The largest absolute Gasteiger partial charge is 0.481 e. The Morgan fingerprint density at radius 1 is 1.34 bits per heavy atom. The van der Waals surface area contributed by atoms with Crippen LogP contribution in [-0.2, 0) is 28.2 Å². The Hall–Kier alpha value is -3.39. The molecule has 2 heterocycles. The van der Waals surface area contributed by atoms with E-state index in [0.717, 1.165) is 13.1 Å². The van der Waals surface area contributed by atoms with Crippen molar-refractivity contribution in [2.24, 2.45) is 0 Å². The van der Waals surface area contributed by atoms with Gasteiger partial charge in [-0.25, -0.2) is 18.1 Å². The monoisotopic (exact) mass is 562 g/mol. The van der Waals surface area contributed by atoms with Crippen LogP contribution in [0.15, 0.2) is 47.4 Å². The third-order valence-corrected chi connectivity index (χ3v) is 6.32. The smallest absolute Gasteiger partial charge is 0.459 e. The van der Waals surface area contributed by atoms with Crippen LogP contribution in [0, 0.1) is 0 Å². The van der Waals surface area contributed by atoms with Crippen molar-refractivity contribution in [2.45, 2.75) is 51.5 Å². The molecular formula is C22H29F2N4O9P. The lowest BCUT2D eigenvalue weighted by atomic mass is 10.2. The van der Waals surface area contributed by atoms with Crippen LogP contribution in [0.25, 0.3) is 0 Å². The summed E-state index contributed by atoms with van der Waals surface area (Å²) < 4.78 is 64.3. The zero-order valence-corrected chi connectivity index (χ0v) is 21.7. The maximum absolute atomic E-state index is 14.6. The van der Waals surface area contributed by atoms with Crippen LogP contribution in [0.1, 0.15) is 33.4 Å². The number of benzene rings is 1. The quantitative estimate of drug-likeness (QED) is 0.285. The Kier molecular flexibility index (Phi) is 10.9. The summed E-state index contributed by atoms with van der Waals surface area (Å²) in [5, 5.41) is 9.86. The minimum atomic E-state index is -4.25. The molecule has 0 bridgehead atoms. The van der Waals surface area contributed by atoms with Gasteiger partial charge in [0.15, 0.2) is 0 Å². The van der Waals surface area contributed by atoms with Gasteiger partial charge in [-0.15, -0.1) is 0 Å². The Morgan fingerprint density at radius 2 is 1.97 bits per heavy atom. The fraction of sp³-hybridized carbons (Fsp3) is 0.455. The van der Waals surface area contributed by atoms with E-state index in [0.29, 0.717) is 4.57 Å². The second kappa shape index (κ2) is 13.4. The molecule has 38 heavy (non-hydrogen) atoms. The number of esters is 1. The summed E-state index contributed by atoms with van der Waals surface area (Å²) in [5.74, 6) is -4.96. The number of aliphatic carboxylic acids is 1. The van der Waals surface area contributed by atoms with Gasteiger partial charge in [-0.3, -0.25) is 18.7 Å². The van der Waals surface area contributed by atoms with E-state index in [1.807, 2.05) is 0 Å². The summed E-state index contributed by atoms with van der Waals surface area (Å²) in [5.41, 5.74) is 4.40. The number of nitrogens with two attached hydrogens (primary N) is 1. The highest BCUT2D eigenvalue weighted by Gasteiger charge is 2.52. The number of alkyl halides is 2. The normalized spacial score (nSPS) is 20.3. The van der Waals surface area contributed by atoms with Gasteiger partial charge >= 0.3 is 19.4 Å². The number of hydrogen-bond donors (Lipinski definition) is 3. The summed E-state index contributed by atoms with van der Waals surface area (Å²) in [6.45, 7) is 3.59. The van der Waals surface area contributed by atoms with Crippen LogP contribution in [0.2, 0.25) is 0 Å². The van der Waals surface area contributed by atoms with Crippen LogP contribution in [-0.4, -0.2) is 57.9 Å². The molecule has 1 aromatic carbocycles. The highest BCUT2D eigenvalue weighted by Crippen LogP contribution is 2.47. The Bertz CT molecular complexity index is 1190. The first-order chi connectivity index (χ1) is 17.8. The van der Waals surface area contributed by atoms with Crippen molar-refractivity contribution in [3.8, 4) is 5.75 Å². The first-order valence-electron chi connectivity index (χ1n) is 11.3. The number of nitrogen functional groups attached to an aromatic ring is 1. The summed E-state index contributed by atoms with van der Waals surface area (Å²) in [7, 11) is -4.25. The molecule has 0 radical (unpaired) electrons. The average molecular weight is 562 g/mol. The number of nitrogens with one attached hydrogen (secondary N) is 1. The maximum atomic E-state index is 14.6. The van der Waals surface area contributed by atoms with Crippen molar-refractivity contribution >= 4 is 25.5 Å². The Balaban J connectivity index is 0.00000118. The number of nitrogens with zero attached hydrogens (tertiary/aromatic N) is 2. The SMILES string of the molecule is CC(=O)O.CCOC(=O)[C@H](C)NP(=O)(OCC1CC(F)(F)C(n2ccc(N)nc2=O)O1)Oc1ccccc1. The lowest BCUT2D eigenvalue weighted by molar-refractivity contribution is -0.144. The molecule has 1 aliphatic rings. The molecule has 4 atom stereocenters. The molecule has 3 unspecified atom stereocenters. The van der Waals surface area contributed by atoms with Crippen molar-refractivity contribution < 1.29 is 46.6 Å². The number of anilines is 1. The minimum absolute atomic E-state index is 0.0985. The number of para-hydroxylation sites is 1. The number of carboxylic acid groups (broad SMARTS) is 1. The topological polar surface area (TPSA) is 181 Å².